The molecule has 8 nitrogen and oxygen atoms in total. The topological polar surface area (TPSA) is 98.6 Å². The van der Waals surface area contributed by atoms with Crippen molar-refractivity contribution in [3.8, 4) is 11.4 Å². The van der Waals surface area contributed by atoms with Crippen molar-refractivity contribution in [2.45, 2.75) is 24.8 Å². The summed E-state index contributed by atoms with van der Waals surface area (Å²) in [7, 11) is 0. The van der Waals surface area contributed by atoms with Gasteiger partial charge in [-0.2, -0.15) is 4.68 Å². The summed E-state index contributed by atoms with van der Waals surface area (Å²) in [5.74, 6) is 1.70. The van der Waals surface area contributed by atoms with Crippen molar-refractivity contribution in [1.29, 1.82) is 0 Å². The van der Waals surface area contributed by atoms with Gasteiger partial charge in [-0.15, -0.1) is 5.10 Å². The van der Waals surface area contributed by atoms with E-state index in [2.05, 4.69) is 25.5 Å². The van der Waals surface area contributed by atoms with Gasteiger partial charge in [0.2, 0.25) is 5.16 Å². The van der Waals surface area contributed by atoms with Crippen molar-refractivity contribution in [3.05, 3.63) is 64.2 Å². The molecule has 0 unspecified atom stereocenters. The van der Waals surface area contributed by atoms with E-state index >= 15 is 0 Å². The first kappa shape index (κ1) is 18.2. The van der Waals surface area contributed by atoms with Gasteiger partial charge in [0.05, 0.1) is 23.3 Å². The Kier molecular flexibility index (Phi) is 5.07. The molecule has 2 aromatic heterocycles. The fourth-order valence-electron chi connectivity index (χ4n) is 2.88. The largest absolute Gasteiger partial charge is 0.492 e. The van der Waals surface area contributed by atoms with Gasteiger partial charge in [-0.1, -0.05) is 36.0 Å². The number of aromatic nitrogens is 6. The summed E-state index contributed by atoms with van der Waals surface area (Å²) in [6, 6.07) is 13.1. The van der Waals surface area contributed by atoms with Crippen LogP contribution in [0.1, 0.15) is 18.3 Å². The number of ether oxygens (including phenoxy) is 1. The average molecular weight is 394 g/mol. The summed E-state index contributed by atoms with van der Waals surface area (Å²) in [6.07, 6.45) is 0. The summed E-state index contributed by atoms with van der Waals surface area (Å²) < 4.78 is 7.30. The molecule has 0 atom stereocenters. The van der Waals surface area contributed by atoms with E-state index in [0.29, 0.717) is 40.0 Å². The summed E-state index contributed by atoms with van der Waals surface area (Å²) in [6.45, 7) is 4.41. The molecule has 142 valence electrons. The van der Waals surface area contributed by atoms with Gasteiger partial charge in [0, 0.05) is 0 Å². The first-order chi connectivity index (χ1) is 13.7. The van der Waals surface area contributed by atoms with E-state index in [1.54, 1.807) is 10.7 Å². The Labute approximate surface area is 165 Å². The standard InChI is InChI=1S/C19H18N6O2S/c1-3-27-15-10-5-4-9-14(15)25-19(22-23-24-25)28-11-16-20-17-12(2)7-6-8-13(17)18(26)21-16/h4-10H,3,11H2,1-2H3,(H,20,21,26). The number of benzene rings is 2. The number of hydrogen-bond acceptors (Lipinski definition) is 7. The second kappa shape index (κ2) is 7.81. The molecule has 0 amide bonds. The molecule has 0 aliphatic heterocycles. The summed E-state index contributed by atoms with van der Waals surface area (Å²) in [5.41, 5.74) is 2.28. The maximum Gasteiger partial charge on any atom is 0.258 e. The smallest absolute Gasteiger partial charge is 0.258 e. The Bertz CT molecular complexity index is 1190. The molecule has 0 aliphatic carbocycles. The lowest BCUT2D eigenvalue weighted by atomic mass is 10.1. The Morgan fingerprint density at radius 2 is 2.04 bits per heavy atom. The van der Waals surface area contributed by atoms with E-state index in [-0.39, 0.29) is 5.56 Å². The molecule has 2 aromatic carbocycles. The molecular weight excluding hydrogens is 376 g/mol. The summed E-state index contributed by atoms with van der Waals surface area (Å²) in [5, 5.41) is 13.1. The third kappa shape index (κ3) is 3.48. The number of aromatic amines is 1. The monoisotopic (exact) mass is 394 g/mol. The molecule has 9 heteroatoms. The molecule has 1 N–H and O–H groups in total. The van der Waals surface area contributed by atoms with Gasteiger partial charge in [-0.05, 0) is 48.0 Å². The number of nitrogens with one attached hydrogen (secondary N) is 1. The number of rotatable bonds is 6. The number of fused-ring (bicyclic) bond motifs is 1. The summed E-state index contributed by atoms with van der Waals surface area (Å²) in [4.78, 5) is 19.8. The number of nitrogens with zero attached hydrogens (tertiary/aromatic N) is 5. The van der Waals surface area contributed by atoms with E-state index in [0.717, 1.165) is 11.3 Å². The number of thioether (sulfide) groups is 1. The van der Waals surface area contributed by atoms with Gasteiger partial charge in [-0.3, -0.25) is 4.79 Å². The Balaban J connectivity index is 1.63. The molecule has 4 rings (SSSR count). The lowest BCUT2D eigenvalue weighted by Crippen LogP contribution is -2.12. The Morgan fingerprint density at radius 1 is 1.18 bits per heavy atom. The molecule has 2 heterocycles. The van der Waals surface area contributed by atoms with Crippen molar-refractivity contribution in [2.75, 3.05) is 6.61 Å². The molecule has 0 spiro atoms. The summed E-state index contributed by atoms with van der Waals surface area (Å²) >= 11 is 1.39. The number of hydrogen-bond donors (Lipinski definition) is 1. The number of tetrazole rings is 1. The third-order valence-corrected chi connectivity index (χ3v) is 5.09. The number of para-hydroxylation sites is 3. The highest BCUT2D eigenvalue weighted by Crippen LogP contribution is 2.27. The van der Waals surface area contributed by atoms with E-state index in [1.165, 1.54) is 11.8 Å². The van der Waals surface area contributed by atoms with E-state index < -0.39 is 0 Å². The zero-order chi connectivity index (χ0) is 19.5. The van der Waals surface area contributed by atoms with Gasteiger partial charge < -0.3 is 9.72 Å². The quantitative estimate of drug-likeness (QED) is 0.502. The van der Waals surface area contributed by atoms with Crippen LogP contribution in [0.15, 0.2) is 52.4 Å². The molecule has 28 heavy (non-hydrogen) atoms. The first-order valence-corrected chi connectivity index (χ1v) is 9.78. The van der Waals surface area contributed by atoms with Gasteiger partial charge in [0.25, 0.3) is 5.56 Å². The highest BCUT2D eigenvalue weighted by molar-refractivity contribution is 7.98. The molecule has 4 aromatic rings. The zero-order valence-electron chi connectivity index (χ0n) is 15.4. The lowest BCUT2D eigenvalue weighted by Gasteiger charge is -2.10. The molecule has 0 saturated heterocycles. The predicted octanol–water partition coefficient (Wildman–Crippen LogP) is 2.90. The van der Waals surface area contributed by atoms with Crippen LogP contribution in [0, 0.1) is 6.92 Å². The van der Waals surface area contributed by atoms with Crippen LogP contribution >= 0.6 is 11.8 Å². The van der Waals surface area contributed by atoms with Gasteiger partial charge >= 0.3 is 0 Å². The highest BCUT2D eigenvalue weighted by Gasteiger charge is 2.14. The van der Waals surface area contributed by atoms with E-state index in [9.17, 15) is 4.79 Å². The maximum absolute atomic E-state index is 12.4. The van der Waals surface area contributed by atoms with Crippen LogP contribution in [0.25, 0.3) is 16.6 Å². The molecular formula is C19H18N6O2S. The van der Waals surface area contributed by atoms with Crippen LogP contribution in [0.5, 0.6) is 5.75 Å². The minimum atomic E-state index is -0.148. The van der Waals surface area contributed by atoms with Gasteiger partial charge in [0.15, 0.2) is 0 Å². The second-order valence-corrected chi connectivity index (χ2v) is 6.99. The molecule has 0 radical (unpaired) electrons. The fourth-order valence-corrected chi connectivity index (χ4v) is 3.64. The van der Waals surface area contributed by atoms with Gasteiger partial charge in [-0.25, -0.2) is 4.98 Å². The van der Waals surface area contributed by atoms with Crippen LogP contribution in [0.4, 0.5) is 0 Å². The zero-order valence-corrected chi connectivity index (χ0v) is 16.2. The molecule has 0 aliphatic rings. The van der Waals surface area contributed by atoms with E-state index in [4.69, 9.17) is 4.74 Å². The van der Waals surface area contributed by atoms with Crippen molar-refractivity contribution in [3.63, 3.8) is 0 Å². The minimum Gasteiger partial charge on any atom is -0.492 e. The van der Waals surface area contributed by atoms with Crippen molar-refractivity contribution < 1.29 is 4.74 Å². The second-order valence-electron chi connectivity index (χ2n) is 6.05. The first-order valence-electron chi connectivity index (χ1n) is 8.79. The molecule has 0 fully saturated rings. The van der Waals surface area contributed by atoms with Crippen LogP contribution < -0.4 is 10.3 Å². The van der Waals surface area contributed by atoms with Crippen molar-refractivity contribution in [1.82, 2.24) is 30.2 Å². The number of H-pyrrole nitrogens is 1. The molecule has 0 saturated carbocycles. The normalized spacial score (nSPS) is 11.1. The van der Waals surface area contributed by atoms with Crippen LogP contribution in [0.2, 0.25) is 0 Å². The number of aryl methyl sites for hydroxylation is 1. The van der Waals surface area contributed by atoms with Crippen molar-refractivity contribution >= 4 is 22.7 Å². The van der Waals surface area contributed by atoms with Crippen LogP contribution in [-0.4, -0.2) is 36.8 Å². The average Bonchev–Trinajstić information content (AvgIpc) is 3.16. The van der Waals surface area contributed by atoms with Crippen LogP contribution in [-0.2, 0) is 5.75 Å². The fraction of sp³-hybridized carbons (Fsp3) is 0.211. The predicted molar refractivity (Wildman–Crippen MR) is 107 cm³/mol. The minimum absolute atomic E-state index is 0.148. The highest BCUT2D eigenvalue weighted by atomic mass is 32.2. The van der Waals surface area contributed by atoms with Crippen LogP contribution in [0.3, 0.4) is 0 Å². The maximum atomic E-state index is 12.4. The Hall–Kier alpha value is -3.20. The van der Waals surface area contributed by atoms with E-state index in [1.807, 2.05) is 50.2 Å². The van der Waals surface area contributed by atoms with Gasteiger partial charge in [0.1, 0.15) is 17.3 Å². The SMILES string of the molecule is CCOc1ccccc1-n1nnnc1SCc1nc2c(C)cccc2c(=O)[nH]1. The Morgan fingerprint density at radius 3 is 2.89 bits per heavy atom. The third-order valence-electron chi connectivity index (χ3n) is 4.16. The van der Waals surface area contributed by atoms with Crippen molar-refractivity contribution in [2.24, 2.45) is 0 Å². The lowest BCUT2D eigenvalue weighted by molar-refractivity contribution is 0.337. The molecule has 0 bridgehead atoms.